The summed E-state index contributed by atoms with van der Waals surface area (Å²) in [7, 11) is 0. The molecule has 0 saturated carbocycles. The topological polar surface area (TPSA) is 49.4 Å². The summed E-state index contributed by atoms with van der Waals surface area (Å²) in [6.07, 6.45) is 1.19. The number of carbonyl (C=O) groups is 2. The van der Waals surface area contributed by atoms with Crippen LogP contribution in [-0.2, 0) is 11.3 Å². The molecule has 4 nitrogen and oxygen atoms in total. The minimum atomic E-state index is -0.415. The molecule has 2 aromatic carbocycles. The van der Waals surface area contributed by atoms with Crippen LogP contribution < -0.4 is 5.32 Å². The average molecular weight is 340 g/mol. The highest BCUT2D eigenvalue weighted by atomic mass is 19.1. The molecule has 3 rings (SSSR count). The molecule has 5 heteroatoms. The van der Waals surface area contributed by atoms with Crippen LogP contribution >= 0.6 is 0 Å². The van der Waals surface area contributed by atoms with Crippen LogP contribution in [0.2, 0.25) is 0 Å². The van der Waals surface area contributed by atoms with E-state index in [1.165, 1.54) is 18.2 Å². The molecule has 130 valence electrons. The van der Waals surface area contributed by atoms with Crippen molar-refractivity contribution in [1.82, 2.24) is 10.2 Å². The molecule has 0 bridgehead atoms. The number of hydrogen-bond acceptors (Lipinski definition) is 2. The maximum atomic E-state index is 13.3. The Hall–Kier alpha value is -2.69. The zero-order valence-electron chi connectivity index (χ0n) is 14.0. The summed E-state index contributed by atoms with van der Waals surface area (Å²) in [6.45, 7) is 1.65. The smallest absolute Gasteiger partial charge is 0.253 e. The van der Waals surface area contributed by atoms with Gasteiger partial charge in [-0.05, 0) is 36.1 Å². The van der Waals surface area contributed by atoms with Gasteiger partial charge in [-0.3, -0.25) is 9.59 Å². The Bertz CT molecular complexity index is 748. The SMILES string of the molecule is O=C(CC1CCN(C(=O)c2cccc(F)c2)C1)NCc1ccccc1. The lowest BCUT2D eigenvalue weighted by atomic mass is 10.0. The quantitative estimate of drug-likeness (QED) is 0.910. The summed E-state index contributed by atoms with van der Waals surface area (Å²) in [5.41, 5.74) is 1.42. The highest BCUT2D eigenvalue weighted by Gasteiger charge is 2.28. The van der Waals surface area contributed by atoms with Crippen molar-refractivity contribution in [3.8, 4) is 0 Å². The van der Waals surface area contributed by atoms with Crippen LogP contribution in [0.4, 0.5) is 4.39 Å². The van der Waals surface area contributed by atoms with Gasteiger partial charge in [0, 0.05) is 31.6 Å². The Labute approximate surface area is 146 Å². The van der Waals surface area contributed by atoms with E-state index in [0.717, 1.165) is 12.0 Å². The van der Waals surface area contributed by atoms with Crippen LogP contribution in [0.5, 0.6) is 0 Å². The van der Waals surface area contributed by atoms with Gasteiger partial charge in [-0.1, -0.05) is 36.4 Å². The number of hydrogen-bond donors (Lipinski definition) is 1. The number of amides is 2. The molecule has 1 saturated heterocycles. The van der Waals surface area contributed by atoms with Crippen molar-refractivity contribution >= 4 is 11.8 Å². The highest BCUT2D eigenvalue weighted by molar-refractivity contribution is 5.94. The second-order valence-electron chi connectivity index (χ2n) is 6.38. The summed E-state index contributed by atoms with van der Waals surface area (Å²) >= 11 is 0. The van der Waals surface area contributed by atoms with E-state index in [1.54, 1.807) is 11.0 Å². The average Bonchev–Trinajstić information content (AvgIpc) is 3.08. The number of nitrogens with zero attached hydrogens (tertiary/aromatic N) is 1. The Morgan fingerprint density at radius 2 is 1.92 bits per heavy atom. The zero-order chi connectivity index (χ0) is 17.6. The first-order valence-electron chi connectivity index (χ1n) is 8.47. The predicted octanol–water partition coefficient (Wildman–Crippen LogP) is 2.99. The first-order chi connectivity index (χ1) is 12.1. The maximum Gasteiger partial charge on any atom is 0.253 e. The number of halogens is 1. The van der Waals surface area contributed by atoms with Crippen molar-refractivity contribution in [1.29, 1.82) is 0 Å². The minimum Gasteiger partial charge on any atom is -0.352 e. The molecular formula is C20H21FN2O2. The van der Waals surface area contributed by atoms with Crippen molar-refractivity contribution < 1.29 is 14.0 Å². The first-order valence-corrected chi connectivity index (χ1v) is 8.47. The van der Waals surface area contributed by atoms with Crippen molar-refractivity contribution in [3.63, 3.8) is 0 Å². The number of rotatable bonds is 5. The fraction of sp³-hybridized carbons (Fsp3) is 0.300. The second kappa shape index (κ2) is 7.92. The van der Waals surface area contributed by atoms with Gasteiger partial charge in [0.25, 0.3) is 5.91 Å². The third-order valence-corrected chi connectivity index (χ3v) is 4.45. The summed E-state index contributed by atoms with van der Waals surface area (Å²) in [5, 5.41) is 2.92. The molecule has 1 atom stereocenters. The van der Waals surface area contributed by atoms with E-state index in [-0.39, 0.29) is 17.7 Å². The van der Waals surface area contributed by atoms with Gasteiger partial charge in [0.2, 0.25) is 5.91 Å². The zero-order valence-corrected chi connectivity index (χ0v) is 14.0. The molecular weight excluding hydrogens is 319 g/mol. The van der Waals surface area contributed by atoms with Gasteiger partial charge in [-0.25, -0.2) is 4.39 Å². The van der Waals surface area contributed by atoms with E-state index in [2.05, 4.69) is 5.32 Å². The van der Waals surface area contributed by atoms with Gasteiger partial charge in [-0.2, -0.15) is 0 Å². The molecule has 1 unspecified atom stereocenters. The van der Waals surface area contributed by atoms with Gasteiger partial charge in [0.05, 0.1) is 0 Å². The second-order valence-corrected chi connectivity index (χ2v) is 6.38. The Balaban J connectivity index is 1.47. The maximum absolute atomic E-state index is 13.3. The summed E-state index contributed by atoms with van der Waals surface area (Å²) in [6, 6.07) is 15.5. The van der Waals surface area contributed by atoms with E-state index >= 15 is 0 Å². The Morgan fingerprint density at radius 1 is 1.12 bits per heavy atom. The Kier molecular flexibility index (Phi) is 5.43. The number of nitrogens with one attached hydrogen (secondary N) is 1. The van der Waals surface area contributed by atoms with Gasteiger partial charge in [0.15, 0.2) is 0 Å². The molecule has 2 aromatic rings. The van der Waals surface area contributed by atoms with E-state index in [1.807, 2.05) is 30.3 Å². The summed E-state index contributed by atoms with van der Waals surface area (Å²) in [4.78, 5) is 26.2. The molecule has 0 aliphatic carbocycles. The standard InChI is InChI=1S/C20H21FN2O2/c21-18-8-4-7-17(12-18)20(25)23-10-9-16(14-23)11-19(24)22-13-15-5-2-1-3-6-15/h1-8,12,16H,9-11,13-14H2,(H,22,24). The molecule has 0 aromatic heterocycles. The van der Waals surface area contributed by atoms with Crippen LogP contribution in [-0.4, -0.2) is 29.8 Å². The van der Waals surface area contributed by atoms with Crippen molar-refractivity contribution in [2.24, 2.45) is 5.92 Å². The normalized spacial score (nSPS) is 16.7. The van der Waals surface area contributed by atoms with Crippen molar-refractivity contribution in [2.45, 2.75) is 19.4 Å². The third kappa shape index (κ3) is 4.66. The largest absolute Gasteiger partial charge is 0.352 e. The predicted molar refractivity (Wildman–Crippen MR) is 93.3 cm³/mol. The molecule has 0 radical (unpaired) electrons. The molecule has 25 heavy (non-hydrogen) atoms. The lowest BCUT2D eigenvalue weighted by Gasteiger charge is -2.16. The minimum absolute atomic E-state index is 0.00564. The van der Waals surface area contributed by atoms with Gasteiger partial charge < -0.3 is 10.2 Å². The van der Waals surface area contributed by atoms with Crippen molar-refractivity contribution in [3.05, 3.63) is 71.5 Å². The number of likely N-dealkylation sites (tertiary alicyclic amines) is 1. The fourth-order valence-corrected chi connectivity index (χ4v) is 3.12. The van der Waals surface area contributed by atoms with Crippen LogP contribution in [0.25, 0.3) is 0 Å². The monoisotopic (exact) mass is 340 g/mol. The Morgan fingerprint density at radius 3 is 2.68 bits per heavy atom. The van der Waals surface area contributed by atoms with Crippen LogP contribution in [0, 0.1) is 11.7 Å². The van der Waals surface area contributed by atoms with Crippen LogP contribution in [0.1, 0.15) is 28.8 Å². The van der Waals surface area contributed by atoms with Gasteiger partial charge in [-0.15, -0.1) is 0 Å². The molecule has 1 aliphatic heterocycles. The van der Waals surface area contributed by atoms with Crippen LogP contribution in [0.15, 0.2) is 54.6 Å². The van der Waals surface area contributed by atoms with Gasteiger partial charge in [0.1, 0.15) is 5.82 Å². The number of benzene rings is 2. The van der Waals surface area contributed by atoms with E-state index in [0.29, 0.717) is 31.6 Å². The molecule has 2 amide bonds. The third-order valence-electron chi connectivity index (χ3n) is 4.45. The fourth-order valence-electron chi connectivity index (χ4n) is 3.12. The summed E-state index contributed by atoms with van der Waals surface area (Å²) < 4.78 is 13.3. The molecule has 0 spiro atoms. The molecule has 1 aliphatic rings. The first kappa shape index (κ1) is 17.1. The van der Waals surface area contributed by atoms with E-state index in [4.69, 9.17) is 0 Å². The highest BCUT2D eigenvalue weighted by Crippen LogP contribution is 2.21. The lowest BCUT2D eigenvalue weighted by molar-refractivity contribution is -0.122. The van der Waals surface area contributed by atoms with Crippen LogP contribution in [0.3, 0.4) is 0 Å². The molecule has 1 fully saturated rings. The van der Waals surface area contributed by atoms with E-state index < -0.39 is 5.82 Å². The number of carbonyl (C=O) groups excluding carboxylic acids is 2. The molecule has 1 heterocycles. The van der Waals surface area contributed by atoms with Crippen molar-refractivity contribution in [2.75, 3.05) is 13.1 Å². The molecule has 1 N–H and O–H groups in total. The summed E-state index contributed by atoms with van der Waals surface area (Å²) in [5.74, 6) is -0.448. The van der Waals surface area contributed by atoms with Gasteiger partial charge >= 0.3 is 0 Å². The van der Waals surface area contributed by atoms with E-state index in [9.17, 15) is 14.0 Å². The lowest BCUT2D eigenvalue weighted by Crippen LogP contribution is -2.30.